The summed E-state index contributed by atoms with van der Waals surface area (Å²) in [6.07, 6.45) is 1.86. The third-order valence-corrected chi connectivity index (χ3v) is 2.78. The van der Waals surface area contributed by atoms with Gasteiger partial charge in [0.25, 0.3) is 0 Å². The number of hydrogen-bond donors (Lipinski definition) is 0. The second-order valence-electron chi connectivity index (χ2n) is 3.68. The zero-order chi connectivity index (χ0) is 10.7. The fourth-order valence-electron chi connectivity index (χ4n) is 1.90. The second kappa shape index (κ2) is 4.45. The number of methoxy groups -OCH3 is 1. The van der Waals surface area contributed by atoms with Gasteiger partial charge < -0.3 is 9.47 Å². The van der Waals surface area contributed by atoms with Gasteiger partial charge in [0.15, 0.2) is 6.29 Å². The Hall–Kier alpha value is -1.35. The highest BCUT2D eigenvalue weighted by Gasteiger charge is 2.18. The number of ether oxygens (including phenoxy) is 2. The van der Waals surface area contributed by atoms with Crippen LogP contribution in [0.4, 0.5) is 0 Å². The number of benzene rings is 1. The van der Waals surface area contributed by atoms with E-state index >= 15 is 0 Å². The standard InChI is InChI=1S/C12H14O3/c1-14-12-3-2-9(6-11(12)7-13)10-4-5-15-8-10/h2-3,6-7,10H,4-5,8H2,1H3. The number of hydrogen-bond acceptors (Lipinski definition) is 3. The van der Waals surface area contributed by atoms with Gasteiger partial charge in [0, 0.05) is 12.5 Å². The highest BCUT2D eigenvalue weighted by molar-refractivity contribution is 5.79. The summed E-state index contributed by atoms with van der Waals surface area (Å²) >= 11 is 0. The topological polar surface area (TPSA) is 35.5 Å². The quantitative estimate of drug-likeness (QED) is 0.710. The SMILES string of the molecule is COc1ccc(C2CCOC2)cc1C=O. The van der Waals surface area contributed by atoms with Crippen molar-refractivity contribution in [1.82, 2.24) is 0 Å². The maximum Gasteiger partial charge on any atom is 0.153 e. The van der Waals surface area contributed by atoms with Gasteiger partial charge >= 0.3 is 0 Å². The molecule has 1 saturated heterocycles. The van der Waals surface area contributed by atoms with Crippen molar-refractivity contribution in [2.24, 2.45) is 0 Å². The minimum Gasteiger partial charge on any atom is -0.496 e. The van der Waals surface area contributed by atoms with Crippen LogP contribution in [0.25, 0.3) is 0 Å². The molecule has 0 amide bonds. The normalized spacial score (nSPS) is 20.2. The van der Waals surface area contributed by atoms with E-state index < -0.39 is 0 Å². The summed E-state index contributed by atoms with van der Waals surface area (Å²) in [5, 5.41) is 0. The molecule has 1 unspecified atom stereocenters. The lowest BCUT2D eigenvalue weighted by molar-refractivity contribution is 0.112. The molecule has 0 saturated carbocycles. The second-order valence-corrected chi connectivity index (χ2v) is 3.68. The summed E-state index contributed by atoms with van der Waals surface area (Å²) < 4.78 is 10.4. The van der Waals surface area contributed by atoms with Gasteiger partial charge in [-0.25, -0.2) is 0 Å². The Kier molecular flexibility index (Phi) is 3.02. The van der Waals surface area contributed by atoms with Crippen molar-refractivity contribution in [3.05, 3.63) is 29.3 Å². The van der Waals surface area contributed by atoms with Crippen LogP contribution in [0.2, 0.25) is 0 Å². The van der Waals surface area contributed by atoms with E-state index in [1.807, 2.05) is 18.2 Å². The molecule has 1 atom stereocenters. The molecule has 15 heavy (non-hydrogen) atoms. The van der Waals surface area contributed by atoms with E-state index in [2.05, 4.69) is 0 Å². The zero-order valence-electron chi connectivity index (χ0n) is 8.73. The molecule has 1 aliphatic heterocycles. The van der Waals surface area contributed by atoms with Crippen molar-refractivity contribution in [3.63, 3.8) is 0 Å². The third-order valence-electron chi connectivity index (χ3n) is 2.78. The molecule has 0 aromatic heterocycles. The Morgan fingerprint density at radius 2 is 2.40 bits per heavy atom. The molecule has 0 spiro atoms. The molecule has 3 nitrogen and oxygen atoms in total. The van der Waals surface area contributed by atoms with Crippen LogP contribution in [0.5, 0.6) is 5.75 Å². The molecule has 1 fully saturated rings. The summed E-state index contributed by atoms with van der Waals surface area (Å²) in [6, 6.07) is 5.74. The minimum absolute atomic E-state index is 0.426. The van der Waals surface area contributed by atoms with E-state index in [-0.39, 0.29) is 0 Å². The molecular formula is C12H14O3. The third kappa shape index (κ3) is 2.02. The molecule has 80 valence electrons. The lowest BCUT2D eigenvalue weighted by atomic mass is 9.96. The number of carbonyl (C=O) groups excluding carboxylic acids is 1. The zero-order valence-corrected chi connectivity index (χ0v) is 8.73. The van der Waals surface area contributed by atoms with E-state index in [1.165, 1.54) is 0 Å². The van der Waals surface area contributed by atoms with Gasteiger partial charge in [0.05, 0.1) is 19.3 Å². The van der Waals surface area contributed by atoms with Crippen molar-refractivity contribution in [2.45, 2.75) is 12.3 Å². The van der Waals surface area contributed by atoms with Crippen molar-refractivity contribution in [3.8, 4) is 5.75 Å². The number of aldehydes is 1. The molecule has 0 aliphatic carbocycles. The van der Waals surface area contributed by atoms with E-state index in [0.717, 1.165) is 31.5 Å². The predicted octanol–water partition coefficient (Wildman–Crippen LogP) is 2.01. The highest BCUT2D eigenvalue weighted by Crippen LogP contribution is 2.28. The van der Waals surface area contributed by atoms with Gasteiger partial charge in [-0.3, -0.25) is 4.79 Å². The largest absolute Gasteiger partial charge is 0.496 e. The van der Waals surface area contributed by atoms with Crippen LogP contribution < -0.4 is 4.74 Å². The maximum atomic E-state index is 10.8. The smallest absolute Gasteiger partial charge is 0.153 e. The molecule has 2 rings (SSSR count). The van der Waals surface area contributed by atoms with Gasteiger partial charge in [0.2, 0.25) is 0 Å². The van der Waals surface area contributed by atoms with Crippen molar-refractivity contribution in [2.75, 3.05) is 20.3 Å². The predicted molar refractivity (Wildman–Crippen MR) is 56.6 cm³/mol. The molecule has 1 aromatic rings. The van der Waals surface area contributed by atoms with Gasteiger partial charge in [-0.15, -0.1) is 0 Å². The fraction of sp³-hybridized carbons (Fsp3) is 0.417. The monoisotopic (exact) mass is 206 g/mol. The lowest BCUT2D eigenvalue weighted by Crippen LogP contribution is -1.99. The average Bonchev–Trinajstić information content (AvgIpc) is 2.81. The fourth-order valence-corrected chi connectivity index (χ4v) is 1.90. The van der Waals surface area contributed by atoms with Crippen LogP contribution in [0.1, 0.15) is 28.3 Å². The summed E-state index contributed by atoms with van der Waals surface area (Å²) in [5.74, 6) is 1.06. The van der Waals surface area contributed by atoms with Gasteiger partial charge in [0.1, 0.15) is 5.75 Å². The molecule has 0 N–H and O–H groups in total. The van der Waals surface area contributed by atoms with Gasteiger partial charge in [-0.05, 0) is 24.1 Å². The van der Waals surface area contributed by atoms with E-state index in [9.17, 15) is 4.79 Å². The highest BCUT2D eigenvalue weighted by atomic mass is 16.5. The summed E-state index contributed by atoms with van der Waals surface area (Å²) in [6.45, 7) is 1.57. The van der Waals surface area contributed by atoms with Crippen LogP contribution in [-0.4, -0.2) is 26.6 Å². The van der Waals surface area contributed by atoms with Crippen molar-refractivity contribution < 1.29 is 14.3 Å². The summed E-state index contributed by atoms with van der Waals surface area (Å²) in [4.78, 5) is 10.8. The van der Waals surface area contributed by atoms with Crippen LogP contribution in [0, 0.1) is 0 Å². The first-order valence-electron chi connectivity index (χ1n) is 5.06. The van der Waals surface area contributed by atoms with Gasteiger partial charge in [-0.2, -0.15) is 0 Å². The van der Waals surface area contributed by atoms with Crippen molar-refractivity contribution in [1.29, 1.82) is 0 Å². The Bertz CT molecular complexity index is 354. The van der Waals surface area contributed by atoms with Crippen LogP contribution >= 0.6 is 0 Å². The summed E-state index contributed by atoms with van der Waals surface area (Å²) in [5.41, 5.74) is 1.78. The first-order chi connectivity index (χ1) is 7.35. The number of rotatable bonds is 3. The molecule has 0 radical (unpaired) electrons. The maximum absolute atomic E-state index is 10.8. The Balaban J connectivity index is 2.29. The Morgan fingerprint density at radius 3 is 3.00 bits per heavy atom. The number of carbonyl (C=O) groups is 1. The molecule has 0 bridgehead atoms. The Morgan fingerprint density at radius 1 is 1.53 bits per heavy atom. The van der Waals surface area contributed by atoms with Crippen LogP contribution in [0.3, 0.4) is 0 Å². The van der Waals surface area contributed by atoms with Crippen LogP contribution in [0.15, 0.2) is 18.2 Å². The Labute approximate surface area is 89.0 Å². The first kappa shape index (κ1) is 10.2. The van der Waals surface area contributed by atoms with Gasteiger partial charge in [-0.1, -0.05) is 6.07 Å². The first-order valence-corrected chi connectivity index (χ1v) is 5.06. The summed E-state index contributed by atoms with van der Waals surface area (Å²) in [7, 11) is 1.57. The molecule has 1 aliphatic rings. The molecule has 1 aromatic carbocycles. The van der Waals surface area contributed by atoms with E-state index in [4.69, 9.17) is 9.47 Å². The van der Waals surface area contributed by atoms with Crippen molar-refractivity contribution >= 4 is 6.29 Å². The van der Waals surface area contributed by atoms with E-state index in [0.29, 0.717) is 17.2 Å². The minimum atomic E-state index is 0.426. The van der Waals surface area contributed by atoms with Crippen LogP contribution in [-0.2, 0) is 4.74 Å². The molecule has 3 heteroatoms. The molecule has 1 heterocycles. The average molecular weight is 206 g/mol. The van der Waals surface area contributed by atoms with E-state index in [1.54, 1.807) is 7.11 Å². The molecular weight excluding hydrogens is 192 g/mol. The lowest BCUT2D eigenvalue weighted by Gasteiger charge is -2.10.